The van der Waals surface area contributed by atoms with Gasteiger partial charge in [0.05, 0.1) is 11.3 Å². The molecule has 226 valence electrons. The minimum atomic E-state index is -4.30. The molecule has 39 heavy (non-hydrogen) atoms. The highest BCUT2D eigenvalue weighted by Crippen LogP contribution is 2.25. The van der Waals surface area contributed by atoms with Gasteiger partial charge in [0.15, 0.2) is 0 Å². The summed E-state index contributed by atoms with van der Waals surface area (Å²) in [6, 6.07) is 0. The molecule has 4 N–H and O–H groups in total. The summed E-state index contributed by atoms with van der Waals surface area (Å²) in [5.41, 5.74) is -1.72. The smallest absolute Gasteiger partial charge is 0.267 e. The number of rotatable bonds is 18. The van der Waals surface area contributed by atoms with Gasteiger partial charge in [0.25, 0.3) is 10.1 Å². The first-order valence-electron chi connectivity index (χ1n) is 13.2. The maximum atomic E-state index is 13.4. The average molecular weight is 593 g/mol. The molecule has 0 aliphatic rings. The van der Waals surface area contributed by atoms with E-state index in [4.69, 9.17) is 4.55 Å². The van der Waals surface area contributed by atoms with E-state index in [1.54, 1.807) is 4.90 Å². The summed E-state index contributed by atoms with van der Waals surface area (Å²) >= 11 is 1.50. The number of hydrogen-bond donors (Lipinski definition) is 4. The number of carbonyl (C=O) groups is 4. The van der Waals surface area contributed by atoms with Crippen molar-refractivity contribution >= 4 is 45.5 Å². The van der Waals surface area contributed by atoms with E-state index in [1.165, 1.54) is 31.7 Å². The summed E-state index contributed by atoms with van der Waals surface area (Å²) < 4.78 is 31.7. The summed E-state index contributed by atoms with van der Waals surface area (Å²) in [5.74, 6) is -1.85. The number of amides is 4. The minimum Gasteiger partial charge on any atom is -0.352 e. The summed E-state index contributed by atoms with van der Waals surface area (Å²) in [6.07, 6.45) is 1.50. The van der Waals surface area contributed by atoms with Crippen LogP contribution in [0.4, 0.5) is 0 Å². The Morgan fingerprint density at radius 2 is 1.62 bits per heavy atom. The van der Waals surface area contributed by atoms with Crippen LogP contribution in [-0.4, -0.2) is 89.5 Å². The van der Waals surface area contributed by atoms with Crippen LogP contribution in [0, 0.1) is 11.8 Å². The number of nitrogens with one attached hydrogen (secondary N) is 3. The molecule has 0 heterocycles. The van der Waals surface area contributed by atoms with Gasteiger partial charge in [-0.3, -0.25) is 23.7 Å². The van der Waals surface area contributed by atoms with E-state index in [0.29, 0.717) is 31.1 Å². The van der Waals surface area contributed by atoms with E-state index in [9.17, 15) is 27.6 Å². The first kappa shape index (κ1) is 36.9. The molecule has 0 aromatic heterocycles. The molecule has 0 saturated heterocycles. The fourth-order valence-corrected chi connectivity index (χ4v) is 5.95. The zero-order valence-electron chi connectivity index (χ0n) is 24.5. The molecule has 2 unspecified atom stereocenters. The molecular formula is C26H48N4O7S2. The second-order valence-electron chi connectivity index (χ2n) is 11.1. The lowest BCUT2D eigenvalue weighted by Crippen LogP contribution is -2.49. The first-order valence-corrected chi connectivity index (χ1v) is 16.0. The zero-order valence-corrected chi connectivity index (χ0v) is 26.1. The van der Waals surface area contributed by atoms with Crippen molar-refractivity contribution in [2.75, 3.05) is 36.9 Å². The largest absolute Gasteiger partial charge is 0.352 e. The second kappa shape index (κ2) is 16.9. The van der Waals surface area contributed by atoms with Gasteiger partial charge in [-0.05, 0) is 67.4 Å². The van der Waals surface area contributed by atoms with E-state index in [1.807, 2.05) is 34.6 Å². The van der Waals surface area contributed by atoms with Crippen molar-refractivity contribution in [2.24, 2.45) is 11.8 Å². The van der Waals surface area contributed by atoms with Gasteiger partial charge in [0.2, 0.25) is 23.6 Å². The fraction of sp³-hybridized carbons (Fsp3) is 0.769. The fourth-order valence-electron chi connectivity index (χ4n) is 3.99. The lowest BCUT2D eigenvalue weighted by molar-refractivity contribution is -0.135. The summed E-state index contributed by atoms with van der Waals surface area (Å²) in [4.78, 5) is 52.4. The Balaban J connectivity index is 5.67. The van der Waals surface area contributed by atoms with E-state index in [2.05, 4.69) is 22.5 Å². The van der Waals surface area contributed by atoms with Gasteiger partial charge in [0.1, 0.15) is 0 Å². The highest BCUT2D eigenvalue weighted by Gasteiger charge is 2.32. The molecule has 0 fully saturated rings. The maximum Gasteiger partial charge on any atom is 0.267 e. The number of nitrogens with zero attached hydrogens (tertiary/aromatic N) is 1. The monoisotopic (exact) mass is 592 g/mol. The SMILES string of the molecule is C=CC(=O)NCCSCC(CC(CCC(=O)NC(C)(C)CS(=O)(=O)O)C(=O)NC(C)(C)C)C(=O)N(CC)CC. The van der Waals surface area contributed by atoms with Crippen molar-refractivity contribution in [1.29, 1.82) is 0 Å². The highest BCUT2D eigenvalue weighted by molar-refractivity contribution is 7.99. The molecule has 0 radical (unpaired) electrons. The molecule has 0 spiro atoms. The van der Waals surface area contributed by atoms with Gasteiger partial charge in [0, 0.05) is 54.9 Å². The molecule has 2 atom stereocenters. The molecule has 11 nitrogen and oxygen atoms in total. The Morgan fingerprint density at radius 3 is 2.10 bits per heavy atom. The number of thioether (sulfide) groups is 1. The molecule has 0 aromatic rings. The third kappa shape index (κ3) is 17.2. The van der Waals surface area contributed by atoms with E-state index in [-0.39, 0.29) is 37.0 Å². The molecule has 0 aromatic carbocycles. The molecule has 0 aliphatic carbocycles. The van der Waals surface area contributed by atoms with Gasteiger partial charge >= 0.3 is 0 Å². The van der Waals surface area contributed by atoms with Crippen molar-refractivity contribution in [3.8, 4) is 0 Å². The lowest BCUT2D eigenvalue weighted by atomic mass is 9.89. The number of hydrogen-bond acceptors (Lipinski definition) is 7. The Hall–Kier alpha value is -2.12. The summed E-state index contributed by atoms with van der Waals surface area (Å²) in [6.45, 7) is 17.2. The van der Waals surface area contributed by atoms with Gasteiger partial charge in [-0.2, -0.15) is 20.2 Å². The Labute approximate surface area is 238 Å². The molecule has 0 saturated carbocycles. The highest BCUT2D eigenvalue weighted by atomic mass is 32.2. The lowest BCUT2D eigenvalue weighted by Gasteiger charge is -2.30. The Bertz CT molecular complexity index is 942. The standard InChI is InChI=1S/C26H48N4O7S2/c1-9-21(31)27-14-15-38-17-20(24(34)30(10-2)11-3)16-19(23(33)29-25(4,5)6)12-13-22(32)28-26(7,8)18-39(35,36)37/h9,19-20H,1,10-18H2,2-8H3,(H,27,31)(H,28,32)(H,29,33)(H,35,36,37). The minimum absolute atomic E-state index is 0.0654. The average Bonchev–Trinajstić information content (AvgIpc) is 2.77. The normalized spacial score (nSPS) is 13.6. The van der Waals surface area contributed by atoms with Crippen molar-refractivity contribution in [3.63, 3.8) is 0 Å². The van der Waals surface area contributed by atoms with E-state index >= 15 is 0 Å². The molecule has 0 aliphatic heterocycles. The van der Waals surface area contributed by atoms with E-state index < -0.39 is 44.7 Å². The van der Waals surface area contributed by atoms with Crippen LogP contribution in [0.2, 0.25) is 0 Å². The number of carbonyl (C=O) groups excluding carboxylic acids is 4. The second-order valence-corrected chi connectivity index (χ2v) is 13.7. The Morgan fingerprint density at radius 1 is 1.03 bits per heavy atom. The van der Waals surface area contributed by atoms with Gasteiger partial charge in [-0.15, -0.1) is 0 Å². The van der Waals surface area contributed by atoms with Gasteiger partial charge in [-0.1, -0.05) is 6.58 Å². The van der Waals surface area contributed by atoms with E-state index in [0.717, 1.165) is 0 Å². The topological polar surface area (TPSA) is 162 Å². The summed E-state index contributed by atoms with van der Waals surface area (Å²) in [5, 5.41) is 8.24. The van der Waals surface area contributed by atoms with Crippen molar-refractivity contribution in [1.82, 2.24) is 20.9 Å². The zero-order chi connectivity index (χ0) is 30.4. The van der Waals surface area contributed by atoms with Crippen molar-refractivity contribution < 1.29 is 32.1 Å². The van der Waals surface area contributed by atoms with Gasteiger partial charge < -0.3 is 20.9 Å². The molecule has 0 bridgehead atoms. The Kier molecular flexibility index (Phi) is 15.9. The third-order valence-electron chi connectivity index (χ3n) is 5.65. The third-order valence-corrected chi connectivity index (χ3v) is 7.87. The molecule has 0 rings (SSSR count). The van der Waals surface area contributed by atoms with Crippen molar-refractivity contribution in [3.05, 3.63) is 12.7 Å². The first-order chi connectivity index (χ1) is 17.8. The molecule has 13 heteroatoms. The van der Waals surface area contributed by atoms with Crippen LogP contribution in [-0.2, 0) is 29.3 Å². The quantitative estimate of drug-likeness (QED) is 0.107. The molecular weight excluding hydrogens is 544 g/mol. The van der Waals surface area contributed by atoms with Crippen LogP contribution in [0.5, 0.6) is 0 Å². The van der Waals surface area contributed by atoms with Crippen LogP contribution >= 0.6 is 11.8 Å². The van der Waals surface area contributed by atoms with Crippen LogP contribution in [0.25, 0.3) is 0 Å². The van der Waals surface area contributed by atoms with Crippen LogP contribution < -0.4 is 16.0 Å². The summed E-state index contributed by atoms with van der Waals surface area (Å²) in [7, 11) is -4.30. The predicted octanol–water partition coefficient (Wildman–Crippen LogP) is 1.99. The van der Waals surface area contributed by atoms with Crippen molar-refractivity contribution in [2.45, 2.75) is 78.8 Å². The van der Waals surface area contributed by atoms with Crippen LogP contribution in [0.1, 0.15) is 67.7 Å². The van der Waals surface area contributed by atoms with Gasteiger partial charge in [-0.25, -0.2) is 0 Å². The maximum absolute atomic E-state index is 13.4. The molecule has 4 amide bonds. The van der Waals surface area contributed by atoms with Crippen LogP contribution in [0.3, 0.4) is 0 Å². The predicted molar refractivity (Wildman–Crippen MR) is 156 cm³/mol. The van der Waals surface area contributed by atoms with Crippen LogP contribution in [0.15, 0.2) is 12.7 Å².